The van der Waals surface area contributed by atoms with Gasteiger partial charge in [0.25, 0.3) is 11.8 Å². The lowest BCUT2D eigenvalue weighted by Crippen LogP contribution is -2.45. The molecule has 1 aromatic heterocycles. The molecular formula is C27H27N5O3S. The van der Waals surface area contributed by atoms with E-state index < -0.39 is 5.91 Å². The smallest absolute Gasteiger partial charge is 0.270 e. The van der Waals surface area contributed by atoms with Crippen LogP contribution in [0.25, 0.3) is 10.8 Å². The summed E-state index contributed by atoms with van der Waals surface area (Å²) in [6, 6.07) is 21.4. The molecule has 0 bridgehead atoms. The molecule has 184 valence electrons. The molecule has 2 atom stereocenters. The van der Waals surface area contributed by atoms with Crippen LogP contribution in [0.15, 0.2) is 66.7 Å². The molecule has 2 unspecified atom stereocenters. The fraction of sp³-hybridized carbons (Fsp3) is 0.222. The van der Waals surface area contributed by atoms with E-state index in [2.05, 4.69) is 34.4 Å². The zero-order chi connectivity index (χ0) is 25.2. The van der Waals surface area contributed by atoms with Gasteiger partial charge in [-0.1, -0.05) is 41.7 Å². The van der Waals surface area contributed by atoms with Gasteiger partial charge in [0.2, 0.25) is 0 Å². The fourth-order valence-electron chi connectivity index (χ4n) is 4.40. The minimum Gasteiger partial charge on any atom is -0.372 e. The molecule has 4 aromatic rings. The molecule has 0 saturated carbocycles. The Morgan fingerprint density at radius 3 is 2.39 bits per heavy atom. The van der Waals surface area contributed by atoms with Crippen LogP contribution in [0, 0.1) is 0 Å². The Kier molecular flexibility index (Phi) is 6.58. The third kappa shape index (κ3) is 5.17. The summed E-state index contributed by atoms with van der Waals surface area (Å²) in [4.78, 5) is 31.6. The summed E-state index contributed by atoms with van der Waals surface area (Å²) in [5.41, 5.74) is 7.89. The first-order valence-electron chi connectivity index (χ1n) is 11.7. The molecule has 1 aliphatic heterocycles. The van der Waals surface area contributed by atoms with E-state index in [1.807, 2.05) is 54.6 Å². The van der Waals surface area contributed by atoms with Crippen molar-refractivity contribution in [3.05, 3.63) is 78.0 Å². The number of aromatic nitrogens is 1. The molecule has 1 fully saturated rings. The van der Waals surface area contributed by atoms with Gasteiger partial charge < -0.3 is 26.0 Å². The number of carbonyl (C=O) groups is 2. The number of hydrogen-bond donors (Lipinski definition) is 3. The molecule has 0 aliphatic carbocycles. The topological polar surface area (TPSA) is 110 Å². The van der Waals surface area contributed by atoms with Gasteiger partial charge in [0.1, 0.15) is 5.00 Å². The number of nitrogens with two attached hydrogens (primary N) is 1. The number of nitrogens with zero attached hydrogens (tertiary/aromatic N) is 2. The third-order valence-corrected chi connectivity index (χ3v) is 6.89. The largest absolute Gasteiger partial charge is 0.372 e. The Morgan fingerprint density at radius 2 is 1.69 bits per heavy atom. The van der Waals surface area contributed by atoms with Gasteiger partial charge in [-0.3, -0.25) is 9.59 Å². The van der Waals surface area contributed by atoms with E-state index in [1.54, 1.807) is 12.1 Å². The molecule has 2 amide bonds. The summed E-state index contributed by atoms with van der Waals surface area (Å²) in [6.45, 7) is 5.70. The van der Waals surface area contributed by atoms with Crippen LogP contribution in [-0.4, -0.2) is 42.1 Å². The summed E-state index contributed by atoms with van der Waals surface area (Å²) in [5.74, 6) is -1.05. The van der Waals surface area contributed by atoms with Crippen LogP contribution in [0.2, 0.25) is 0 Å². The van der Waals surface area contributed by atoms with Gasteiger partial charge in [0.05, 0.1) is 12.2 Å². The van der Waals surface area contributed by atoms with Gasteiger partial charge in [0.15, 0.2) is 10.8 Å². The number of ether oxygens (including phenoxy) is 1. The number of benzene rings is 3. The van der Waals surface area contributed by atoms with Crippen LogP contribution in [0.5, 0.6) is 0 Å². The quantitative estimate of drug-likeness (QED) is 0.343. The van der Waals surface area contributed by atoms with Crippen LogP contribution in [0.4, 0.5) is 21.5 Å². The highest BCUT2D eigenvalue weighted by Gasteiger charge is 2.23. The summed E-state index contributed by atoms with van der Waals surface area (Å²) in [7, 11) is 0. The molecule has 0 spiro atoms. The Labute approximate surface area is 213 Å². The van der Waals surface area contributed by atoms with Crippen LogP contribution in [-0.2, 0) is 4.74 Å². The van der Waals surface area contributed by atoms with E-state index in [4.69, 9.17) is 10.5 Å². The second-order valence-electron chi connectivity index (χ2n) is 8.91. The summed E-state index contributed by atoms with van der Waals surface area (Å²) in [5, 5.41) is 8.97. The van der Waals surface area contributed by atoms with Crippen molar-refractivity contribution in [3.63, 3.8) is 0 Å². The van der Waals surface area contributed by atoms with E-state index in [-0.39, 0.29) is 23.8 Å². The van der Waals surface area contributed by atoms with Gasteiger partial charge >= 0.3 is 0 Å². The second kappa shape index (κ2) is 9.96. The van der Waals surface area contributed by atoms with Crippen molar-refractivity contribution < 1.29 is 14.3 Å². The highest BCUT2D eigenvalue weighted by molar-refractivity contribution is 7.20. The maximum Gasteiger partial charge on any atom is 0.270 e. The Bertz CT molecular complexity index is 1410. The third-order valence-electron chi connectivity index (χ3n) is 6.00. The molecule has 3 aromatic carbocycles. The van der Waals surface area contributed by atoms with Crippen molar-refractivity contribution in [1.82, 2.24) is 4.98 Å². The standard InChI is InChI=1S/C27H27N5O3S/c1-16-14-32(15-17(2)35-16)22-11-8-19(9-12-22)25(34)31-26-23(24(28)33)30-27(36-26)29-21-10-7-18-5-3-4-6-20(18)13-21/h3-13,16-17H,14-15H2,1-2H3,(H2,28,33)(H,29,30)(H,31,34). The van der Waals surface area contributed by atoms with Crippen molar-refractivity contribution >= 4 is 55.4 Å². The number of nitrogens with one attached hydrogen (secondary N) is 2. The SMILES string of the molecule is CC1CN(c2ccc(C(=O)Nc3sc(Nc4ccc5ccccc5c4)nc3C(N)=O)cc2)CC(C)O1. The Hall–Kier alpha value is -3.95. The van der Waals surface area contributed by atoms with Crippen molar-refractivity contribution in [2.24, 2.45) is 5.73 Å². The number of thiazole rings is 1. The number of anilines is 4. The molecule has 8 nitrogen and oxygen atoms in total. The Morgan fingerprint density at radius 1 is 1.00 bits per heavy atom. The zero-order valence-corrected chi connectivity index (χ0v) is 20.8. The first-order chi connectivity index (χ1) is 17.4. The summed E-state index contributed by atoms with van der Waals surface area (Å²) in [6.07, 6.45) is 0.292. The number of rotatable bonds is 6. The molecule has 2 heterocycles. The van der Waals surface area contributed by atoms with Crippen LogP contribution in [0.3, 0.4) is 0 Å². The van der Waals surface area contributed by atoms with Crippen molar-refractivity contribution in [2.75, 3.05) is 28.6 Å². The van der Waals surface area contributed by atoms with Crippen molar-refractivity contribution in [2.45, 2.75) is 26.1 Å². The number of morpholine rings is 1. The van der Waals surface area contributed by atoms with Gasteiger partial charge in [-0.15, -0.1) is 0 Å². The molecular weight excluding hydrogens is 474 g/mol. The number of fused-ring (bicyclic) bond motifs is 1. The fourth-order valence-corrected chi connectivity index (χ4v) is 5.29. The molecule has 0 radical (unpaired) electrons. The van der Waals surface area contributed by atoms with E-state index in [0.29, 0.717) is 15.7 Å². The molecule has 9 heteroatoms. The highest BCUT2D eigenvalue weighted by Crippen LogP contribution is 2.32. The van der Waals surface area contributed by atoms with E-state index in [1.165, 1.54) is 0 Å². The normalized spacial score (nSPS) is 17.7. The molecule has 1 aliphatic rings. The minimum atomic E-state index is -0.709. The van der Waals surface area contributed by atoms with Crippen LogP contribution < -0.4 is 21.3 Å². The highest BCUT2D eigenvalue weighted by atomic mass is 32.1. The lowest BCUT2D eigenvalue weighted by Gasteiger charge is -2.36. The first kappa shape index (κ1) is 23.8. The number of amides is 2. The maximum atomic E-state index is 13.0. The molecule has 1 saturated heterocycles. The molecule has 5 rings (SSSR count). The molecule has 36 heavy (non-hydrogen) atoms. The summed E-state index contributed by atoms with van der Waals surface area (Å²) < 4.78 is 5.80. The lowest BCUT2D eigenvalue weighted by atomic mass is 10.1. The van der Waals surface area contributed by atoms with Gasteiger partial charge in [-0.25, -0.2) is 4.98 Å². The predicted octanol–water partition coefficient (Wildman–Crippen LogP) is 5.00. The van der Waals surface area contributed by atoms with Gasteiger partial charge in [-0.2, -0.15) is 0 Å². The van der Waals surface area contributed by atoms with E-state index >= 15 is 0 Å². The zero-order valence-electron chi connectivity index (χ0n) is 20.0. The summed E-state index contributed by atoms with van der Waals surface area (Å²) >= 11 is 1.16. The van der Waals surface area contributed by atoms with Crippen LogP contribution in [0.1, 0.15) is 34.7 Å². The van der Waals surface area contributed by atoms with Gasteiger partial charge in [0, 0.05) is 30.0 Å². The van der Waals surface area contributed by atoms with Crippen molar-refractivity contribution in [3.8, 4) is 0 Å². The van der Waals surface area contributed by atoms with Crippen LogP contribution >= 0.6 is 11.3 Å². The maximum absolute atomic E-state index is 13.0. The lowest BCUT2D eigenvalue weighted by molar-refractivity contribution is -0.00522. The first-order valence-corrected chi connectivity index (χ1v) is 12.6. The predicted molar refractivity (Wildman–Crippen MR) is 144 cm³/mol. The van der Waals surface area contributed by atoms with Crippen molar-refractivity contribution in [1.29, 1.82) is 0 Å². The average Bonchev–Trinajstić information content (AvgIpc) is 3.25. The van der Waals surface area contributed by atoms with E-state index in [9.17, 15) is 9.59 Å². The number of hydrogen-bond acceptors (Lipinski definition) is 7. The Balaban J connectivity index is 1.31. The van der Waals surface area contributed by atoms with Gasteiger partial charge in [-0.05, 0) is 61.0 Å². The monoisotopic (exact) mass is 501 g/mol. The number of carbonyl (C=O) groups excluding carboxylic acids is 2. The minimum absolute atomic E-state index is 0.0181. The number of primary amides is 1. The van der Waals surface area contributed by atoms with E-state index in [0.717, 1.165) is 46.6 Å². The second-order valence-corrected chi connectivity index (χ2v) is 9.91. The molecule has 4 N–H and O–H groups in total. The average molecular weight is 502 g/mol.